The van der Waals surface area contributed by atoms with Crippen molar-refractivity contribution < 1.29 is 4.74 Å². The summed E-state index contributed by atoms with van der Waals surface area (Å²) in [6.07, 6.45) is 0.791. The monoisotopic (exact) mass is 298 g/mol. The fraction of sp³-hybridized carbons (Fsp3) is 0.538. The summed E-state index contributed by atoms with van der Waals surface area (Å²) in [5.74, 6) is 0. The zero-order valence-electron chi connectivity index (χ0n) is 11.4. The van der Waals surface area contributed by atoms with Crippen LogP contribution in [0.1, 0.15) is 23.8 Å². The van der Waals surface area contributed by atoms with Crippen LogP contribution in [-0.4, -0.2) is 22.8 Å². The quantitative estimate of drug-likeness (QED) is 0.681. The molecule has 0 bridgehead atoms. The second-order valence-electron chi connectivity index (χ2n) is 4.42. The number of nitrogens with one attached hydrogen (secondary N) is 1. The Balaban J connectivity index is 2.41. The molecular formula is C13H18N2O2S2. The van der Waals surface area contributed by atoms with Crippen LogP contribution in [-0.2, 0) is 11.3 Å². The highest BCUT2D eigenvalue weighted by Gasteiger charge is 2.12. The Kier molecular flexibility index (Phi) is 4.54. The van der Waals surface area contributed by atoms with E-state index in [0.29, 0.717) is 24.5 Å². The lowest BCUT2D eigenvalue weighted by atomic mass is 10.2. The molecular weight excluding hydrogens is 280 g/mol. The van der Waals surface area contributed by atoms with Gasteiger partial charge in [0.2, 0.25) is 0 Å². The Hall–Kier alpha value is -0.980. The van der Waals surface area contributed by atoms with Crippen molar-refractivity contribution in [1.82, 2.24) is 9.55 Å². The lowest BCUT2D eigenvalue weighted by Crippen LogP contribution is -2.22. The molecule has 104 valence electrons. The van der Waals surface area contributed by atoms with E-state index < -0.39 is 0 Å². The van der Waals surface area contributed by atoms with E-state index in [1.54, 1.807) is 15.9 Å². The molecule has 4 nitrogen and oxygen atoms in total. The average molecular weight is 298 g/mol. The van der Waals surface area contributed by atoms with Crippen molar-refractivity contribution >= 4 is 33.8 Å². The third kappa shape index (κ3) is 2.80. The van der Waals surface area contributed by atoms with Crippen LogP contribution in [0, 0.1) is 18.6 Å². The maximum atomic E-state index is 12.5. The summed E-state index contributed by atoms with van der Waals surface area (Å²) in [5.41, 5.74) is 1.06. The number of aromatic amines is 1. The molecule has 0 amide bonds. The molecule has 0 saturated carbocycles. The highest BCUT2D eigenvalue weighted by atomic mass is 32.1. The molecule has 0 saturated heterocycles. The van der Waals surface area contributed by atoms with Crippen LogP contribution < -0.4 is 5.56 Å². The number of fused-ring (bicyclic) bond motifs is 1. The summed E-state index contributed by atoms with van der Waals surface area (Å²) < 4.78 is 7.42. The van der Waals surface area contributed by atoms with Crippen molar-refractivity contribution in [2.45, 2.75) is 33.7 Å². The number of ether oxygens (including phenoxy) is 1. The van der Waals surface area contributed by atoms with Crippen molar-refractivity contribution in [2.75, 3.05) is 13.2 Å². The molecule has 2 aromatic heterocycles. The van der Waals surface area contributed by atoms with Crippen molar-refractivity contribution in [2.24, 2.45) is 0 Å². The lowest BCUT2D eigenvalue weighted by molar-refractivity contribution is 0.141. The van der Waals surface area contributed by atoms with Gasteiger partial charge in [0.05, 0.1) is 5.39 Å². The molecule has 0 aliphatic carbocycles. The van der Waals surface area contributed by atoms with E-state index >= 15 is 0 Å². The maximum absolute atomic E-state index is 12.5. The minimum atomic E-state index is 0.0112. The largest absolute Gasteiger partial charge is 0.382 e. The number of rotatable bonds is 5. The average Bonchev–Trinajstić information content (AvgIpc) is 2.64. The Bertz CT molecular complexity index is 697. The van der Waals surface area contributed by atoms with Gasteiger partial charge < -0.3 is 9.72 Å². The van der Waals surface area contributed by atoms with Crippen molar-refractivity contribution in [3.8, 4) is 0 Å². The Labute approximate surface area is 121 Å². The number of nitrogens with zero attached hydrogens (tertiary/aromatic N) is 1. The minimum absolute atomic E-state index is 0.0112. The molecule has 0 fully saturated rings. The highest BCUT2D eigenvalue weighted by molar-refractivity contribution is 7.71. The highest BCUT2D eigenvalue weighted by Crippen LogP contribution is 2.25. The second-order valence-corrected chi connectivity index (χ2v) is 6.04. The van der Waals surface area contributed by atoms with Gasteiger partial charge in [0.1, 0.15) is 4.83 Å². The van der Waals surface area contributed by atoms with Gasteiger partial charge in [-0.2, -0.15) is 0 Å². The summed E-state index contributed by atoms with van der Waals surface area (Å²) in [6.45, 7) is 7.91. The summed E-state index contributed by atoms with van der Waals surface area (Å²) in [7, 11) is 0. The predicted molar refractivity (Wildman–Crippen MR) is 81.9 cm³/mol. The van der Waals surface area contributed by atoms with Gasteiger partial charge in [-0.05, 0) is 45.0 Å². The third-order valence-electron chi connectivity index (χ3n) is 3.18. The zero-order chi connectivity index (χ0) is 14.0. The standard InChI is InChI=1S/C13H18N2O2S2/c1-4-17-7-5-6-15-12(16)10-8(2)9(3)19-11(10)14-13(15)18/h4-7H2,1-3H3,(H,14,18). The first-order valence-electron chi connectivity index (χ1n) is 6.36. The summed E-state index contributed by atoms with van der Waals surface area (Å²) in [5, 5.41) is 0.771. The molecule has 0 aliphatic rings. The van der Waals surface area contributed by atoms with E-state index in [2.05, 4.69) is 4.98 Å². The SMILES string of the molecule is CCOCCCn1c(=S)[nH]c2sc(C)c(C)c2c1=O. The molecule has 2 heterocycles. The van der Waals surface area contributed by atoms with Gasteiger partial charge in [-0.1, -0.05) is 0 Å². The number of hydrogen-bond donors (Lipinski definition) is 1. The van der Waals surface area contributed by atoms with Gasteiger partial charge >= 0.3 is 0 Å². The fourth-order valence-electron chi connectivity index (χ4n) is 2.04. The number of aryl methyl sites for hydroxylation is 2. The molecule has 0 spiro atoms. The second kappa shape index (κ2) is 5.98. The first-order chi connectivity index (χ1) is 9.06. The van der Waals surface area contributed by atoms with Gasteiger partial charge in [0.25, 0.3) is 5.56 Å². The molecule has 2 rings (SSSR count). The molecule has 0 atom stereocenters. The molecule has 0 aromatic carbocycles. The molecule has 0 radical (unpaired) electrons. The van der Waals surface area contributed by atoms with Crippen LogP contribution in [0.5, 0.6) is 0 Å². The van der Waals surface area contributed by atoms with Crippen LogP contribution in [0.15, 0.2) is 4.79 Å². The van der Waals surface area contributed by atoms with Crippen LogP contribution in [0.3, 0.4) is 0 Å². The van der Waals surface area contributed by atoms with Crippen molar-refractivity contribution in [3.05, 3.63) is 25.6 Å². The Morgan fingerprint density at radius 1 is 1.42 bits per heavy atom. The molecule has 1 N–H and O–H groups in total. The minimum Gasteiger partial charge on any atom is -0.382 e. The smallest absolute Gasteiger partial charge is 0.263 e. The summed E-state index contributed by atoms with van der Waals surface area (Å²) in [4.78, 5) is 17.7. The third-order valence-corrected chi connectivity index (χ3v) is 4.63. The molecule has 6 heteroatoms. The number of aromatic nitrogens is 2. The van der Waals surface area contributed by atoms with E-state index in [1.165, 1.54) is 0 Å². The van der Waals surface area contributed by atoms with Crippen molar-refractivity contribution in [3.63, 3.8) is 0 Å². The topological polar surface area (TPSA) is 47.0 Å². The molecule has 0 aliphatic heterocycles. The van der Waals surface area contributed by atoms with E-state index in [9.17, 15) is 4.79 Å². The first-order valence-corrected chi connectivity index (χ1v) is 7.59. The van der Waals surface area contributed by atoms with E-state index in [1.807, 2.05) is 20.8 Å². The summed E-state index contributed by atoms with van der Waals surface area (Å²) in [6, 6.07) is 0. The molecule has 19 heavy (non-hydrogen) atoms. The first kappa shape index (κ1) is 14.4. The normalized spacial score (nSPS) is 11.3. The maximum Gasteiger partial charge on any atom is 0.263 e. The van der Waals surface area contributed by atoms with Gasteiger partial charge in [-0.15, -0.1) is 11.3 Å². The van der Waals surface area contributed by atoms with E-state index in [0.717, 1.165) is 27.1 Å². The van der Waals surface area contributed by atoms with Gasteiger partial charge in [-0.25, -0.2) is 0 Å². The van der Waals surface area contributed by atoms with E-state index in [-0.39, 0.29) is 5.56 Å². The van der Waals surface area contributed by atoms with Gasteiger partial charge in [0, 0.05) is 24.6 Å². The zero-order valence-corrected chi connectivity index (χ0v) is 13.0. The fourth-order valence-corrected chi connectivity index (χ4v) is 3.43. The Morgan fingerprint density at radius 2 is 2.16 bits per heavy atom. The van der Waals surface area contributed by atoms with Crippen LogP contribution >= 0.6 is 23.6 Å². The van der Waals surface area contributed by atoms with Gasteiger partial charge in [-0.3, -0.25) is 9.36 Å². The van der Waals surface area contributed by atoms with Crippen molar-refractivity contribution in [1.29, 1.82) is 0 Å². The van der Waals surface area contributed by atoms with Gasteiger partial charge in [0.15, 0.2) is 4.77 Å². The molecule has 2 aromatic rings. The number of hydrogen-bond acceptors (Lipinski definition) is 4. The van der Waals surface area contributed by atoms with Crippen LogP contribution in [0.25, 0.3) is 10.2 Å². The Morgan fingerprint density at radius 3 is 2.84 bits per heavy atom. The number of H-pyrrole nitrogens is 1. The molecule has 0 unspecified atom stereocenters. The van der Waals surface area contributed by atoms with Crippen LogP contribution in [0.2, 0.25) is 0 Å². The predicted octanol–water partition coefficient (Wildman–Crippen LogP) is 3.16. The summed E-state index contributed by atoms with van der Waals surface area (Å²) >= 11 is 6.86. The van der Waals surface area contributed by atoms with Crippen LogP contribution in [0.4, 0.5) is 0 Å². The van der Waals surface area contributed by atoms with E-state index in [4.69, 9.17) is 17.0 Å². The number of thiophene rings is 1. The lowest BCUT2D eigenvalue weighted by Gasteiger charge is -2.06.